The molecule has 5 rings (SSSR count). The molecule has 0 aliphatic carbocycles. The normalized spacial score (nSPS) is 17.2. The van der Waals surface area contributed by atoms with Crippen LogP contribution in [-0.4, -0.2) is 42.1 Å². The van der Waals surface area contributed by atoms with Crippen molar-refractivity contribution in [2.75, 3.05) is 6.54 Å². The second-order valence-corrected chi connectivity index (χ2v) is 9.90. The molecule has 3 aromatic heterocycles. The zero-order chi connectivity index (χ0) is 26.2. The van der Waals surface area contributed by atoms with E-state index in [9.17, 15) is 27.3 Å². The summed E-state index contributed by atoms with van der Waals surface area (Å²) in [4.78, 5) is 20.8. The summed E-state index contributed by atoms with van der Waals surface area (Å²) in [6.45, 7) is 0.559. The minimum atomic E-state index is -4.51. The average molecular weight is 531 g/mol. The van der Waals surface area contributed by atoms with E-state index in [0.29, 0.717) is 36.7 Å². The Balaban J connectivity index is 1.27. The maximum absolute atomic E-state index is 13.2. The number of benzene rings is 1. The van der Waals surface area contributed by atoms with Gasteiger partial charge in [-0.05, 0) is 48.7 Å². The fourth-order valence-electron chi connectivity index (χ4n) is 4.19. The molecule has 192 valence electrons. The maximum Gasteiger partial charge on any atom is 0.417 e. The zero-order valence-electron chi connectivity index (χ0n) is 19.2. The Morgan fingerprint density at radius 1 is 1.19 bits per heavy atom. The molecule has 8 nitrogen and oxygen atoms in total. The number of hydrogen-bond donors (Lipinski definition) is 2. The third kappa shape index (κ3) is 5.20. The molecule has 37 heavy (non-hydrogen) atoms. The minimum Gasteiger partial charge on any atom is -0.507 e. The molecule has 0 saturated carbocycles. The third-order valence-corrected chi connectivity index (χ3v) is 7.49. The van der Waals surface area contributed by atoms with Crippen molar-refractivity contribution in [3.63, 3.8) is 0 Å². The Labute approximate surface area is 211 Å². The van der Waals surface area contributed by atoms with Crippen LogP contribution in [0.4, 0.5) is 13.2 Å². The summed E-state index contributed by atoms with van der Waals surface area (Å²) in [5, 5.41) is 14.0. The molecular formula is C25H21F3N4O4S. The van der Waals surface area contributed by atoms with E-state index >= 15 is 0 Å². The number of hydrogen-bond acceptors (Lipinski definition) is 6. The standard InChI is InChI=1S/C25H21F3N4O4S/c26-25(27,28)17-4-5-19(30-14-17)18-10-15(3-6-21(18)33)12-31-24(34)20-2-1-9-32(20)37(35)23-11-16-13-29-8-7-22(16)36-23/h3-8,10-11,13-14,20,33H,1-2,9,12H2,(H,31,34). The number of nitrogens with one attached hydrogen (secondary N) is 1. The summed E-state index contributed by atoms with van der Waals surface area (Å²) in [6.07, 6.45) is 0.590. The lowest BCUT2D eigenvalue weighted by Gasteiger charge is -2.21. The van der Waals surface area contributed by atoms with Crippen LogP contribution in [0.3, 0.4) is 0 Å². The van der Waals surface area contributed by atoms with Crippen molar-refractivity contribution in [3.05, 3.63) is 72.2 Å². The van der Waals surface area contributed by atoms with Gasteiger partial charge in [-0.3, -0.25) is 14.8 Å². The summed E-state index contributed by atoms with van der Waals surface area (Å²) < 4.78 is 58.9. The number of rotatable bonds is 6. The highest BCUT2D eigenvalue weighted by molar-refractivity contribution is 7.82. The van der Waals surface area contributed by atoms with Crippen molar-refractivity contribution in [3.8, 4) is 17.0 Å². The molecule has 0 bridgehead atoms. The quantitative estimate of drug-likeness (QED) is 0.382. The lowest BCUT2D eigenvalue weighted by Crippen LogP contribution is -2.43. The Kier molecular flexibility index (Phi) is 6.69. The second kappa shape index (κ2) is 9.94. The lowest BCUT2D eigenvalue weighted by molar-refractivity contribution is -0.137. The molecule has 2 atom stereocenters. The van der Waals surface area contributed by atoms with E-state index in [4.69, 9.17) is 4.42 Å². The fourth-order valence-corrected chi connectivity index (χ4v) is 5.54. The molecule has 1 saturated heterocycles. The topological polar surface area (TPSA) is 109 Å². The first-order valence-electron chi connectivity index (χ1n) is 11.4. The monoisotopic (exact) mass is 530 g/mol. The largest absolute Gasteiger partial charge is 0.507 e. The number of halogens is 3. The highest BCUT2D eigenvalue weighted by Gasteiger charge is 2.36. The predicted molar refractivity (Wildman–Crippen MR) is 128 cm³/mol. The molecule has 1 aliphatic heterocycles. The van der Waals surface area contributed by atoms with Crippen molar-refractivity contribution in [1.29, 1.82) is 0 Å². The zero-order valence-corrected chi connectivity index (χ0v) is 20.1. The number of fused-ring (bicyclic) bond motifs is 1. The number of phenols is 1. The second-order valence-electron chi connectivity index (χ2n) is 8.53. The van der Waals surface area contributed by atoms with E-state index in [1.807, 2.05) is 0 Å². The van der Waals surface area contributed by atoms with Crippen LogP contribution in [0.25, 0.3) is 22.2 Å². The summed E-state index contributed by atoms with van der Waals surface area (Å²) in [7, 11) is -1.67. The molecular weight excluding hydrogens is 509 g/mol. The number of aromatic nitrogens is 2. The van der Waals surface area contributed by atoms with Crippen molar-refractivity contribution in [2.24, 2.45) is 0 Å². The number of carbonyl (C=O) groups is 1. The fraction of sp³-hybridized carbons (Fsp3) is 0.240. The van der Waals surface area contributed by atoms with Gasteiger partial charge in [0.25, 0.3) is 0 Å². The van der Waals surface area contributed by atoms with E-state index in [1.165, 1.54) is 12.1 Å². The summed E-state index contributed by atoms with van der Waals surface area (Å²) >= 11 is 0. The number of carbonyl (C=O) groups excluding carboxylic acids is 1. The molecule has 4 heterocycles. The van der Waals surface area contributed by atoms with E-state index in [0.717, 1.165) is 11.5 Å². The predicted octanol–water partition coefficient (Wildman–Crippen LogP) is 4.42. The Bertz CT molecular complexity index is 1440. The number of furan rings is 1. The van der Waals surface area contributed by atoms with Gasteiger partial charge in [0.05, 0.1) is 11.3 Å². The van der Waals surface area contributed by atoms with Crippen LogP contribution < -0.4 is 5.32 Å². The molecule has 0 radical (unpaired) electrons. The van der Waals surface area contributed by atoms with Gasteiger partial charge in [0.15, 0.2) is 11.0 Å². The summed E-state index contributed by atoms with van der Waals surface area (Å²) in [6, 6.07) is 9.32. The minimum absolute atomic E-state index is 0.0973. The molecule has 1 aliphatic rings. The van der Waals surface area contributed by atoms with Gasteiger partial charge in [0.1, 0.15) is 17.4 Å². The number of aromatic hydroxyl groups is 1. The van der Waals surface area contributed by atoms with E-state index in [-0.39, 0.29) is 34.6 Å². The van der Waals surface area contributed by atoms with Crippen molar-refractivity contribution < 1.29 is 31.7 Å². The lowest BCUT2D eigenvalue weighted by atomic mass is 10.1. The van der Waals surface area contributed by atoms with Gasteiger partial charge in [-0.25, -0.2) is 8.51 Å². The van der Waals surface area contributed by atoms with Crippen LogP contribution in [0.5, 0.6) is 5.75 Å². The van der Waals surface area contributed by atoms with Crippen LogP contribution in [0.15, 0.2) is 70.6 Å². The highest BCUT2D eigenvalue weighted by Crippen LogP contribution is 2.33. The molecule has 1 aromatic carbocycles. The third-order valence-electron chi connectivity index (χ3n) is 6.08. The first kappa shape index (κ1) is 24.9. The Morgan fingerprint density at radius 3 is 2.76 bits per heavy atom. The van der Waals surface area contributed by atoms with Gasteiger partial charge in [-0.1, -0.05) is 6.07 Å². The summed E-state index contributed by atoms with van der Waals surface area (Å²) in [5.41, 5.74) is 0.681. The van der Waals surface area contributed by atoms with Crippen LogP contribution >= 0.6 is 0 Å². The first-order valence-corrected chi connectivity index (χ1v) is 12.5. The Morgan fingerprint density at radius 2 is 2.03 bits per heavy atom. The highest BCUT2D eigenvalue weighted by atomic mass is 32.2. The van der Waals surface area contributed by atoms with Gasteiger partial charge in [0, 0.05) is 48.7 Å². The summed E-state index contributed by atoms with van der Waals surface area (Å²) in [5.74, 6) is -0.466. The first-order chi connectivity index (χ1) is 17.7. The van der Waals surface area contributed by atoms with Crippen LogP contribution in [-0.2, 0) is 28.5 Å². The number of pyridine rings is 2. The van der Waals surface area contributed by atoms with Crippen molar-refractivity contribution >= 4 is 27.9 Å². The van der Waals surface area contributed by atoms with Gasteiger partial charge < -0.3 is 14.8 Å². The number of amides is 1. The Hall–Kier alpha value is -3.77. The van der Waals surface area contributed by atoms with E-state index in [1.54, 1.807) is 41.0 Å². The number of phenolic OH excluding ortho intramolecular Hbond substituents is 1. The smallest absolute Gasteiger partial charge is 0.417 e. The number of nitrogens with zero attached hydrogens (tertiary/aromatic N) is 3. The average Bonchev–Trinajstić information content (AvgIpc) is 3.55. The van der Waals surface area contributed by atoms with E-state index < -0.39 is 28.8 Å². The molecule has 2 unspecified atom stereocenters. The van der Waals surface area contributed by atoms with Crippen molar-refractivity contribution in [1.82, 2.24) is 19.6 Å². The molecule has 1 amide bonds. The molecule has 12 heteroatoms. The molecule has 1 fully saturated rings. The molecule has 2 N–H and O–H groups in total. The number of alkyl halides is 3. The van der Waals surface area contributed by atoms with Crippen molar-refractivity contribution in [2.45, 2.75) is 36.7 Å². The molecule has 4 aromatic rings. The van der Waals surface area contributed by atoms with Crippen LogP contribution in [0.2, 0.25) is 0 Å². The van der Waals surface area contributed by atoms with Gasteiger partial charge in [-0.15, -0.1) is 0 Å². The van der Waals surface area contributed by atoms with Crippen LogP contribution in [0, 0.1) is 0 Å². The molecule has 0 spiro atoms. The van der Waals surface area contributed by atoms with Gasteiger partial charge in [0.2, 0.25) is 11.0 Å². The van der Waals surface area contributed by atoms with Crippen LogP contribution in [0.1, 0.15) is 24.0 Å². The van der Waals surface area contributed by atoms with E-state index in [2.05, 4.69) is 15.3 Å². The maximum atomic E-state index is 13.2. The van der Waals surface area contributed by atoms with Gasteiger partial charge in [-0.2, -0.15) is 13.2 Å². The SMILES string of the molecule is O=C(NCc1ccc(O)c(-c2ccc(C(F)(F)F)cn2)c1)C1CCCN1S(=O)c1cc2cnccc2o1. The van der Waals surface area contributed by atoms with Gasteiger partial charge >= 0.3 is 6.18 Å².